The molecule has 0 unspecified atom stereocenters. The van der Waals surface area contributed by atoms with E-state index in [2.05, 4.69) is 35.2 Å². The maximum Gasteiger partial charge on any atom is 0.258 e. The molecule has 0 radical (unpaired) electrons. The Kier molecular flexibility index (Phi) is 7.07. The topological polar surface area (TPSA) is 25.2 Å². The third-order valence-corrected chi connectivity index (χ3v) is 5.52. The molecule has 1 fully saturated rings. The van der Waals surface area contributed by atoms with E-state index in [1.54, 1.807) is 0 Å². The molecule has 0 bridgehead atoms. The van der Waals surface area contributed by atoms with Gasteiger partial charge in [-0.15, -0.1) is 12.4 Å². The lowest BCUT2D eigenvalue weighted by Gasteiger charge is -2.32. The number of benzene rings is 2. The minimum absolute atomic E-state index is 0. The van der Waals surface area contributed by atoms with E-state index in [-0.39, 0.29) is 18.0 Å². The van der Waals surface area contributed by atoms with E-state index in [0.29, 0.717) is 5.92 Å². The van der Waals surface area contributed by atoms with E-state index < -0.39 is 0 Å². The van der Waals surface area contributed by atoms with Gasteiger partial charge in [0.05, 0.1) is 0 Å². The summed E-state index contributed by atoms with van der Waals surface area (Å²) in [7, 11) is 0. The first-order valence-corrected chi connectivity index (χ1v) is 9.81. The summed E-state index contributed by atoms with van der Waals surface area (Å²) < 4.78 is 1.90. The molecule has 1 aromatic heterocycles. The number of piperidine rings is 1. The molecule has 4 rings (SSSR count). The third-order valence-electron chi connectivity index (χ3n) is 5.52. The van der Waals surface area contributed by atoms with Gasteiger partial charge in [-0.25, -0.2) is 0 Å². The molecule has 146 valence electrons. The fraction of sp³-hybridized carbons (Fsp3) is 0.292. The molecule has 2 aromatic carbocycles. The SMILES string of the molecule is Cl.O=c1c(-c2ccccc2)cccn1CC1CCN(Cc2ccccc2)CC1. The number of halogens is 1. The van der Waals surface area contributed by atoms with Crippen LogP contribution in [0.5, 0.6) is 0 Å². The molecule has 2 heterocycles. The van der Waals surface area contributed by atoms with Crippen molar-refractivity contribution in [2.24, 2.45) is 5.92 Å². The Bertz CT molecular complexity index is 916. The first-order chi connectivity index (χ1) is 13.3. The summed E-state index contributed by atoms with van der Waals surface area (Å²) in [6.45, 7) is 4.05. The Balaban J connectivity index is 0.00000225. The zero-order chi connectivity index (χ0) is 18.5. The molecule has 0 aliphatic carbocycles. The molecule has 28 heavy (non-hydrogen) atoms. The van der Waals surface area contributed by atoms with E-state index in [1.807, 2.05) is 53.2 Å². The summed E-state index contributed by atoms with van der Waals surface area (Å²) in [5.74, 6) is 0.570. The average molecular weight is 395 g/mol. The molecular weight excluding hydrogens is 368 g/mol. The van der Waals surface area contributed by atoms with E-state index in [0.717, 1.165) is 50.1 Å². The highest BCUT2D eigenvalue weighted by Gasteiger charge is 2.20. The monoisotopic (exact) mass is 394 g/mol. The number of nitrogens with zero attached hydrogens (tertiary/aromatic N) is 2. The van der Waals surface area contributed by atoms with Gasteiger partial charge in [0.25, 0.3) is 5.56 Å². The largest absolute Gasteiger partial charge is 0.315 e. The van der Waals surface area contributed by atoms with Gasteiger partial charge in [0, 0.05) is 24.8 Å². The molecular formula is C24H27ClN2O. The molecule has 0 amide bonds. The number of rotatable bonds is 5. The zero-order valence-corrected chi connectivity index (χ0v) is 16.9. The van der Waals surface area contributed by atoms with Crippen LogP contribution < -0.4 is 5.56 Å². The Morgan fingerprint density at radius 2 is 1.46 bits per heavy atom. The quantitative estimate of drug-likeness (QED) is 0.618. The predicted octanol–water partition coefficient (Wildman–Crippen LogP) is 4.85. The minimum atomic E-state index is 0. The van der Waals surface area contributed by atoms with Crippen molar-refractivity contribution in [2.45, 2.75) is 25.9 Å². The second-order valence-corrected chi connectivity index (χ2v) is 7.45. The van der Waals surface area contributed by atoms with E-state index in [1.165, 1.54) is 5.56 Å². The smallest absolute Gasteiger partial charge is 0.258 e. The van der Waals surface area contributed by atoms with Gasteiger partial charge in [-0.1, -0.05) is 60.7 Å². The Labute approximate surface area is 173 Å². The van der Waals surface area contributed by atoms with Gasteiger partial charge in [-0.2, -0.15) is 0 Å². The van der Waals surface area contributed by atoms with Gasteiger partial charge in [0.1, 0.15) is 0 Å². The van der Waals surface area contributed by atoms with Gasteiger partial charge in [-0.05, 0) is 55.1 Å². The van der Waals surface area contributed by atoms with Crippen molar-refractivity contribution in [1.82, 2.24) is 9.47 Å². The van der Waals surface area contributed by atoms with Crippen molar-refractivity contribution >= 4 is 12.4 Å². The number of pyridine rings is 1. The molecule has 0 N–H and O–H groups in total. The van der Waals surface area contributed by atoms with Crippen LogP contribution in [0.4, 0.5) is 0 Å². The van der Waals surface area contributed by atoms with Crippen molar-refractivity contribution in [3.63, 3.8) is 0 Å². The molecule has 3 aromatic rings. The highest BCUT2D eigenvalue weighted by molar-refractivity contribution is 5.85. The first-order valence-electron chi connectivity index (χ1n) is 9.81. The van der Waals surface area contributed by atoms with Crippen LogP contribution >= 0.6 is 12.4 Å². The molecule has 1 aliphatic rings. The van der Waals surface area contributed by atoms with Crippen LogP contribution in [0.15, 0.2) is 83.8 Å². The van der Waals surface area contributed by atoms with Gasteiger partial charge < -0.3 is 4.57 Å². The molecule has 4 heteroatoms. The number of hydrogen-bond acceptors (Lipinski definition) is 2. The van der Waals surface area contributed by atoms with Crippen molar-refractivity contribution in [3.8, 4) is 11.1 Å². The Morgan fingerprint density at radius 1 is 0.821 bits per heavy atom. The summed E-state index contributed by atoms with van der Waals surface area (Å²) >= 11 is 0. The summed E-state index contributed by atoms with van der Waals surface area (Å²) in [6, 6.07) is 24.5. The van der Waals surface area contributed by atoms with Gasteiger partial charge >= 0.3 is 0 Å². The summed E-state index contributed by atoms with van der Waals surface area (Å²) in [4.78, 5) is 15.4. The van der Waals surface area contributed by atoms with Crippen LogP contribution in [0.25, 0.3) is 11.1 Å². The van der Waals surface area contributed by atoms with Crippen LogP contribution in [0.3, 0.4) is 0 Å². The number of hydrogen-bond donors (Lipinski definition) is 0. The molecule has 0 saturated carbocycles. The minimum Gasteiger partial charge on any atom is -0.315 e. The predicted molar refractivity (Wildman–Crippen MR) is 118 cm³/mol. The van der Waals surface area contributed by atoms with E-state index in [9.17, 15) is 4.79 Å². The standard InChI is InChI=1S/C24H26N2O.ClH/c27-24-23(22-10-5-2-6-11-22)12-7-15-26(24)19-21-13-16-25(17-14-21)18-20-8-3-1-4-9-20;/h1-12,15,21H,13-14,16-19H2;1H. The van der Waals surface area contributed by atoms with Crippen LogP contribution in [-0.4, -0.2) is 22.6 Å². The second kappa shape index (κ2) is 9.72. The van der Waals surface area contributed by atoms with Crippen LogP contribution in [0, 0.1) is 5.92 Å². The van der Waals surface area contributed by atoms with Crippen molar-refractivity contribution in [2.75, 3.05) is 13.1 Å². The van der Waals surface area contributed by atoms with Gasteiger partial charge in [0.15, 0.2) is 0 Å². The van der Waals surface area contributed by atoms with Gasteiger partial charge in [-0.3, -0.25) is 9.69 Å². The first kappa shape index (κ1) is 20.4. The molecule has 1 aliphatic heterocycles. The van der Waals surface area contributed by atoms with Crippen molar-refractivity contribution in [1.29, 1.82) is 0 Å². The number of likely N-dealkylation sites (tertiary alicyclic amines) is 1. The number of aromatic nitrogens is 1. The average Bonchev–Trinajstić information content (AvgIpc) is 2.72. The van der Waals surface area contributed by atoms with Crippen LogP contribution in [0.2, 0.25) is 0 Å². The van der Waals surface area contributed by atoms with E-state index >= 15 is 0 Å². The summed E-state index contributed by atoms with van der Waals surface area (Å²) in [6.07, 6.45) is 4.23. The van der Waals surface area contributed by atoms with Crippen molar-refractivity contribution < 1.29 is 0 Å². The molecule has 3 nitrogen and oxygen atoms in total. The molecule has 0 spiro atoms. The lowest BCUT2D eigenvalue weighted by molar-refractivity contribution is 0.166. The highest BCUT2D eigenvalue weighted by Crippen LogP contribution is 2.21. The maximum absolute atomic E-state index is 12.9. The van der Waals surface area contributed by atoms with Crippen LogP contribution in [0.1, 0.15) is 18.4 Å². The fourth-order valence-electron chi connectivity index (χ4n) is 3.96. The van der Waals surface area contributed by atoms with Gasteiger partial charge in [0.2, 0.25) is 0 Å². The van der Waals surface area contributed by atoms with Crippen LogP contribution in [-0.2, 0) is 13.1 Å². The zero-order valence-electron chi connectivity index (χ0n) is 16.0. The lowest BCUT2D eigenvalue weighted by Crippen LogP contribution is -2.36. The third kappa shape index (κ3) is 4.92. The van der Waals surface area contributed by atoms with Crippen molar-refractivity contribution in [3.05, 3.63) is 94.9 Å². The molecule has 0 atom stereocenters. The fourth-order valence-corrected chi connectivity index (χ4v) is 3.96. The Morgan fingerprint density at radius 3 is 2.14 bits per heavy atom. The normalized spacial score (nSPS) is 15.1. The maximum atomic E-state index is 12.9. The molecule has 1 saturated heterocycles. The summed E-state index contributed by atoms with van der Waals surface area (Å²) in [5.41, 5.74) is 3.28. The summed E-state index contributed by atoms with van der Waals surface area (Å²) in [5, 5.41) is 0. The second-order valence-electron chi connectivity index (χ2n) is 7.45. The van der Waals surface area contributed by atoms with E-state index in [4.69, 9.17) is 0 Å². The Hall–Kier alpha value is -2.36. The lowest BCUT2D eigenvalue weighted by atomic mass is 9.96. The highest BCUT2D eigenvalue weighted by atomic mass is 35.5.